The van der Waals surface area contributed by atoms with Gasteiger partial charge in [0.15, 0.2) is 5.78 Å². The summed E-state index contributed by atoms with van der Waals surface area (Å²) in [6.07, 6.45) is 0.926. The summed E-state index contributed by atoms with van der Waals surface area (Å²) in [5.74, 6) is -0.804. The average Bonchev–Trinajstić information content (AvgIpc) is 2.55. The number of anilines is 1. The summed E-state index contributed by atoms with van der Waals surface area (Å²) >= 11 is 6.22. The summed E-state index contributed by atoms with van der Waals surface area (Å²) in [7, 11) is 0. The highest BCUT2D eigenvalue weighted by molar-refractivity contribution is 6.31. The summed E-state index contributed by atoms with van der Waals surface area (Å²) in [6, 6.07) is 11.9. The van der Waals surface area contributed by atoms with Gasteiger partial charge in [0, 0.05) is 23.7 Å². The van der Waals surface area contributed by atoms with E-state index < -0.39 is 11.4 Å². The lowest BCUT2D eigenvalue weighted by Crippen LogP contribution is -2.43. The standard InChI is InChI=1S/C19H19ClFNO2/c1-13(23)18-16(21)7-4-8-17(18)22-11-9-19(24,10-12-22)14-5-2-3-6-15(14)20/h2-8,24H,9-12H2,1H3. The maximum absolute atomic E-state index is 14.0. The summed E-state index contributed by atoms with van der Waals surface area (Å²) in [5, 5.41) is 11.5. The van der Waals surface area contributed by atoms with Crippen molar-refractivity contribution in [3.63, 3.8) is 0 Å². The molecular weight excluding hydrogens is 329 g/mol. The zero-order valence-electron chi connectivity index (χ0n) is 13.4. The second kappa shape index (κ2) is 6.54. The molecule has 24 heavy (non-hydrogen) atoms. The van der Waals surface area contributed by atoms with Crippen LogP contribution in [-0.2, 0) is 5.60 Å². The molecule has 126 valence electrons. The maximum atomic E-state index is 14.0. The maximum Gasteiger partial charge on any atom is 0.164 e. The van der Waals surface area contributed by atoms with E-state index in [4.69, 9.17) is 11.6 Å². The van der Waals surface area contributed by atoms with Gasteiger partial charge in [-0.1, -0.05) is 35.9 Å². The fraction of sp³-hybridized carbons (Fsp3) is 0.316. The van der Waals surface area contributed by atoms with Gasteiger partial charge in [0.25, 0.3) is 0 Å². The number of aliphatic hydroxyl groups is 1. The Labute approximate surface area is 145 Å². The van der Waals surface area contributed by atoms with Crippen molar-refractivity contribution in [2.45, 2.75) is 25.4 Å². The second-order valence-electron chi connectivity index (χ2n) is 6.19. The zero-order valence-corrected chi connectivity index (χ0v) is 14.2. The molecule has 1 aliphatic rings. The van der Waals surface area contributed by atoms with Crippen molar-refractivity contribution < 1.29 is 14.3 Å². The molecular formula is C19H19ClFNO2. The molecule has 0 aromatic heterocycles. The minimum absolute atomic E-state index is 0.112. The Morgan fingerprint density at radius 1 is 1.17 bits per heavy atom. The van der Waals surface area contributed by atoms with E-state index >= 15 is 0 Å². The molecule has 1 N–H and O–H groups in total. The van der Waals surface area contributed by atoms with E-state index in [-0.39, 0.29) is 11.3 Å². The van der Waals surface area contributed by atoms with Gasteiger partial charge in [0.2, 0.25) is 0 Å². The Bertz CT molecular complexity index is 770. The molecule has 0 spiro atoms. The van der Waals surface area contributed by atoms with E-state index in [1.54, 1.807) is 18.2 Å². The highest BCUT2D eigenvalue weighted by Crippen LogP contribution is 2.38. The van der Waals surface area contributed by atoms with E-state index in [0.717, 1.165) is 5.56 Å². The lowest BCUT2D eigenvalue weighted by atomic mass is 9.84. The first kappa shape index (κ1) is 16.9. The van der Waals surface area contributed by atoms with Gasteiger partial charge in [-0.05, 0) is 38.0 Å². The van der Waals surface area contributed by atoms with Gasteiger partial charge in [0.05, 0.1) is 16.9 Å². The van der Waals surface area contributed by atoms with Crippen molar-refractivity contribution in [3.05, 3.63) is 64.4 Å². The van der Waals surface area contributed by atoms with Gasteiger partial charge in [-0.25, -0.2) is 4.39 Å². The lowest BCUT2D eigenvalue weighted by Gasteiger charge is -2.40. The molecule has 2 aromatic carbocycles. The molecule has 1 fully saturated rings. The van der Waals surface area contributed by atoms with Crippen molar-refractivity contribution in [1.82, 2.24) is 0 Å². The smallest absolute Gasteiger partial charge is 0.164 e. The minimum atomic E-state index is -1.00. The van der Waals surface area contributed by atoms with Crippen LogP contribution in [0.2, 0.25) is 5.02 Å². The van der Waals surface area contributed by atoms with Crippen LogP contribution in [0, 0.1) is 5.82 Å². The first-order valence-electron chi connectivity index (χ1n) is 7.94. The molecule has 2 aromatic rings. The highest BCUT2D eigenvalue weighted by Gasteiger charge is 2.36. The third kappa shape index (κ3) is 3.04. The summed E-state index contributed by atoms with van der Waals surface area (Å²) < 4.78 is 14.0. The molecule has 1 aliphatic heterocycles. The van der Waals surface area contributed by atoms with Crippen LogP contribution < -0.4 is 4.90 Å². The molecule has 3 rings (SSSR count). The Hall–Kier alpha value is -1.91. The Kier molecular flexibility index (Phi) is 4.61. The van der Waals surface area contributed by atoms with E-state index in [2.05, 4.69) is 0 Å². The molecule has 0 amide bonds. The summed E-state index contributed by atoms with van der Waals surface area (Å²) in [4.78, 5) is 13.7. The van der Waals surface area contributed by atoms with E-state index in [1.807, 2.05) is 23.1 Å². The lowest BCUT2D eigenvalue weighted by molar-refractivity contribution is 0.0119. The van der Waals surface area contributed by atoms with Crippen molar-refractivity contribution >= 4 is 23.1 Å². The molecule has 0 bridgehead atoms. The zero-order chi connectivity index (χ0) is 17.3. The topological polar surface area (TPSA) is 40.5 Å². The third-order valence-electron chi connectivity index (χ3n) is 4.65. The molecule has 0 saturated carbocycles. The molecule has 0 unspecified atom stereocenters. The van der Waals surface area contributed by atoms with Gasteiger partial charge in [-0.2, -0.15) is 0 Å². The van der Waals surface area contributed by atoms with Gasteiger partial charge in [0.1, 0.15) is 5.82 Å². The van der Waals surface area contributed by atoms with Crippen molar-refractivity contribution in [3.8, 4) is 0 Å². The van der Waals surface area contributed by atoms with E-state index in [9.17, 15) is 14.3 Å². The monoisotopic (exact) mass is 347 g/mol. The number of rotatable bonds is 3. The fourth-order valence-corrected chi connectivity index (χ4v) is 3.66. The number of halogens is 2. The number of Topliss-reactive ketones (excluding diaryl/α,β-unsaturated/α-hetero) is 1. The largest absolute Gasteiger partial charge is 0.385 e. The molecule has 1 saturated heterocycles. The molecule has 0 atom stereocenters. The first-order chi connectivity index (χ1) is 11.4. The minimum Gasteiger partial charge on any atom is -0.385 e. The molecule has 0 radical (unpaired) electrons. The van der Waals surface area contributed by atoms with Crippen LogP contribution in [0.25, 0.3) is 0 Å². The van der Waals surface area contributed by atoms with Crippen molar-refractivity contribution in [2.24, 2.45) is 0 Å². The quantitative estimate of drug-likeness (QED) is 0.847. The predicted molar refractivity (Wildman–Crippen MR) is 93.2 cm³/mol. The highest BCUT2D eigenvalue weighted by atomic mass is 35.5. The van der Waals surface area contributed by atoms with E-state index in [0.29, 0.717) is 36.6 Å². The molecule has 3 nitrogen and oxygen atoms in total. The van der Waals surface area contributed by atoms with Crippen LogP contribution in [0.3, 0.4) is 0 Å². The Morgan fingerprint density at radius 2 is 1.83 bits per heavy atom. The number of hydrogen-bond acceptors (Lipinski definition) is 3. The number of nitrogens with zero attached hydrogens (tertiary/aromatic N) is 1. The fourth-order valence-electron chi connectivity index (χ4n) is 3.35. The Morgan fingerprint density at radius 3 is 2.46 bits per heavy atom. The predicted octanol–water partition coefficient (Wildman–Crippen LogP) is 4.17. The third-order valence-corrected chi connectivity index (χ3v) is 4.98. The number of benzene rings is 2. The van der Waals surface area contributed by atoms with Gasteiger partial charge < -0.3 is 10.0 Å². The van der Waals surface area contributed by atoms with Gasteiger partial charge in [-0.3, -0.25) is 4.79 Å². The molecule has 1 heterocycles. The van der Waals surface area contributed by atoms with Crippen LogP contribution in [0.4, 0.5) is 10.1 Å². The van der Waals surface area contributed by atoms with Crippen LogP contribution in [0.1, 0.15) is 35.7 Å². The number of carbonyl (C=O) groups excluding carboxylic acids is 1. The van der Waals surface area contributed by atoms with Gasteiger partial charge in [-0.15, -0.1) is 0 Å². The number of piperidine rings is 1. The van der Waals surface area contributed by atoms with Crippen molar-refractivity contribution in [1.29, 1.82) is 0 Å². The van der Waals surface area contributed by atoms with E-state index in [1.165, 1.54) is 13.0 Å². The van der Waals surface area contributed by atoms with Crippen molar-refractivity contribution in [2.75, 3.05) is 18.0 Å². The number of ketones is 1. The average molecular weight is 348 g/mol. The number of hydrogen-bond donors (Lipinski definition) is 1. The molecule has 5 heteroatoms. The second-order valence-corrected chi connectivity index (χ2v) is 6.60. The number of carbonyl (C=O) groups is 1. The van der Waals surface area contributed by atoms with Crippen LogP contribution >= 0.6 is 11.6 Å². The van der Waals surface area contributed by atoms with Crippen LogP contribution in [0.15, 0.2) is 42.5 Å². The Balaban J connectivity index is 1.85. The normalized spacial score (nSPS) is 16.9. The summed E-state index contributed by atoms with van der Waals surface area (Å²) in [6.45, 7) is 2.41. The van der Waals surface area contributed by atoms with Crippen LogP contribution in [-0.4, -0.2) is 24.0 Å². The summed E-state index contributed by atoms with van der Waals surface area (Å²) in [5.41, 5.74) is 0.417. The van der Waals surface area contributed by atoms with Crippen LogP contribution in [0.5, 0.6) is 0 Å². The first-order valence-corrected chi connectivity index (χ1v) is 8.32. The SMILES string of the molecule is CC(=O)c1c(F)cccc1N1CCC(O)(c2ccccc2Cl)CC1. The molecule has 0 aliphatic carbocycles. The van der Waals surface area contributed by atoms with Gasteiger partial charge >= 0.3 is 0 Å².